The van der Waals surface area contributed by atoms with Crippen LogP contribution >= 0.6 is 23.4 Å². The summed E-state index contributed by atoms with van der Waals surface area (Å²) in [5.74, 6) is -0.390. The molecule has 3 aromatic rings. The molecule has 1 N–H and O–H groups in total. The number of fused-ring (bicyclic) bond motifs is 1. The maximum absolute atomic E-state index is 12.8. The Balaban J connectivity index is 1.45. The van der Waals surface area contributed by atoms with Crippen LogP contribution in [0.4, 0.5) is 0 Å². The van der Waals surface area contributed by atoms with E-state index in [4.69, 9.17) is 17.0 Å². The van der Waals surface area contributed by atoms with E-state index in [0.29, 0.717) is 16.6 Å². The zero-order valence-electron chi connectivity index (χ0n) is 18.0. The summed E-state index contributed by atoms with van der Waals surface area (Å²) in [5, 5.41) is 16.5. The molecule has 0 aliphatic carbocycles. The van der Waals surface area contributed by atoms with Gasteiger partial charge in [0, 0.05) is 28.5 Å². The summed E-state index contributed by atoms with van der Waals surface area (Å²) in [7, 11) is 0. The average Bonchev–Trinajstić information content (AvgIpc) is 3.32. The number of amidine groups is 2. The number of para-hydroxylation sites is 1. The molecule has 2 aromatic carbocycles. The van der Waals surface area contributed by atoms with Crippen LogP contribution in [0.1, 0.15) is 22.5 Å². The summed E-state index contributed by atoms with van der Waals surface area (Å²) in [4.78, 5) is 17.0. The Labute approximate surface area is 200 Å². The van der Waals surface area contributed by atoms with Crippen LogP contribution in [-0.4, -0.2) is 31.5 Å². The van der Waals surface area contributed by atoms with E-state index in [1.165, 1.54) is 16.8 Å². The molecule has 0 spiro atoms. The Bertz CT molecular complexity index is 1370. The molecule has 0 atom stereocenters. The van der Waals surface area contributed by atoms with E-state index in [0.717, 1.165) is 33.2 Å². The van der Waals surface area contributed by atoms with E-state index in [-0.39, 0.29) is 11.4 Å². The molecule has 164 valence electrons. The number of aryl methyl sites for hydroxylation is 1. The molecule has 0 unspecified atom stereocenters. The summed E-state index contributed by atoms with van der Waals surface area (Å²) >= 11 is 7.28. The SMILES string of the molecule is Cc1cc(C=C2C(=N)N3N=C(Cc4ccc(Cl)cc4)SC3=NC2=O)c(C)n1-c1ccccc1. The summed E-state index contributed by atoms with van der Waals surface area (Å²) < 4.78 is 2.13. The number of carbonyl (C=O) groups is 1. The second-order valence-corrected chi connectivity index (χ2v) is 9.29. The van der Waals surface area contributed by atoms with Gasteiger partial charge in [-0.15, -0.1) is 0 Å². The van der Waals surface area contributed by atoms with Gasteiger partial charge in [-0.05, 0) is 73.1 Å². The molecule has 0 bridgehead atoms. The van der Waals surface area contributed by atoms with Crippen LogP contribution in [0.2, 0.25) is 5.02 Å². The summed E-state index contributed by atoms with van der Waals surface area (Å²) in [6.07, 6.45) is 2.32. The first-order chi connectivity index (χ1) is 15.9. The first-order valence-electron chi connectivity index (χ1n) is 10.4. The second kappa shape index (κ2) is 8.50. The third kappa shape index (κ3) is 4.05. The molecule has 0 saturated carbocycles. The summed E-state index contributed by atoms with van der Waals surface area (Å²) in [6.45, 7) is 4.03. The lowest BCUT2D eigenvalue weighted by atomic mass is 10.1. The number of nitrogens with zero attached hydrogens (tertiary/aromatic N) is 4. The Kier molecular flexibility index (Phi) is 5.52. The number of rotatable bonds is 4. The highest BCUT2D eigenvalue weighted by Crippen LogP contribution is 2.31. The third-order valence-corrected chi connectivity index (χ3v) is 6.71. The highest BCUT2D eigenvalue weighted by molar-refractivity contribution is 8.26. The van der Waals surface area contributed by atoms with Gasteiger partial charge >= 0.3 is 0 Å². The fourth-order valence-electron chi connectivity index (χ4n) is 3.94. The first kappa shape index (κ1) is 21.4. The zero-order chi connectivity index (χ0) is 23.1. The first-order valence-corrected chi connectivity index (χ1v) is 11.6. The van der Waals surface area contributed by atoms with Gasteiger partial charge in [0.05, 0.1) is 5.57 Å². The number of amides is 1. The monoisotopic (exact) mass is 473 g/mol. The molecule has 0 fully saturated rings. The van der Waals surface area contributed by atoms with Crippen molar-refractivity contribution in [3.05, 3.63) is 93.8 Å². The third-order valence-electron chi connectivity index (χ3n) is 5.55. The highest BCUT2D eigenvalue weighted by Gasteiger charge is 2.35. The van der Waals surface area contributed by atoms with Crippen molar-refractivity contribution in [3.8, 4) is 5.69 Å². The van der Waals surface area contributed by atoms with E-state index in [1.54, 1.807) is 6.08 Å². The topological polar surface area (TPSA) is 73.8 Å². The van der Waals surface area contributed by atoms with E-state index in [2.05, 4.69) is 14.7 Å². The normalized spacial score (nSPS) is 16.8. The Hall–Kier alpha value is -3.42. The molecule has 0 radical (unpaired) electrons. The fraction of sp³-hybridized carbons (Fsp3) is 0.120. The number of carbonyl (C=O) groups excluding carboxylic acids is 1. The fourth-order valence-corrected chi connectivity index (χ4v) is 4.99. The molecule has 8 heteroatoms. The number of nitrogens with one attached hydrogen (secondary N) is 1. The van der Waals surface area contributed by atoms with Crippen LogP contribution in [0, 0.1) is 19.3 Å². The van der Waals surface area contributed by atoms with Crippen LogP contribution in [0.25, 0.3) is 11.8 Å². The molecule has 3 heterocycles. The van der Waals surface area contributed by atoms with Gasteiger partial charge in [-0.2, -0.15) is 15.1 Å². The highest BCUT2D eigenvalue weighted by atomic mass is 35.5. The minimum absolute atomic E-state index is 0.0353. The zero-order valence-corrected chi connectivity index (χ0v) is 19.6. The van der Waals surface area contributed by atoms with Crippen LogP contribution < -0.4 is 0 Å². The maximum Gasteiger partial charge on any atom is 0.283 e. The van der Waals surface area contributed by atoms with Crippen molar-refractivity contribution in [2.75, 3.05) is 0 Å². The number of aliphatic imine (C=N–C) groups is 1. The molecule has 1 amide bonds. The molecule has 5 rings (SSSR count). The van der Waals surface area contributed by atoms with Crippen molar-refractivity contribution in [1.82, 2.24) is 9.58 Å². The molecule has 1 aromatic heterocycles. The molecule has 2 aliphatic heterocycles. The van der Waals surface area contributed by atoms with Gasteiger partial charge in [0.1, 0.15) is 5.04 Å². The van der Waals surface area contributed by atoms with E-state index in [1.807, 2.05) is 74.5 Å². The van der Waals surface area contributed by atoms with Gasteiger partial charge in [0.2, 0.25) is 5.17 Å². The number of hydrogen-bond donors (Lipinski definition) is 1. The van der Waals surface area contributed by atoms with E-state index in [9.17, 15) is 4.79 Å². The molecule has 33 heavy (non-hydrogen) atoms. The molecule has 0 saturated heterocycles. The number of hydrogen-bond acceptors (Lipinski definition) is 4. The van der Waals surface area contributed by atoms with Gasteiger partial charge in [-0.3, -0.25) is 10.2 Å². The minimum atomic E-state index is -0.425. The predicted octanol–water partition coefficient (Wildman–Crippen LogP) is 5.61. The van der Waals surface area contributed by atoms with Crippen molar-refractivity contribution in [1.29, 1.82) is 5.41 Å². The van der Waals surface area contributed by atoms with Gasteiger partial charge in [0.15, 0.2) is 5.84 Å². The largest absolute Gasteiger partial charge is 0.318 e. The van der Waals surface area contributed by atoms with Crippen LogP contribution in [0.3, 0.4) is 0 Å². The number of hydrazone groups is 1. The standard InChI is InChI=1S/C25H20ClN5OS/c1-15-12-18(16(2)30(15)20-6-4-3-5-7-20)14-21-23(27)31-25(28-24(21)32)33-22(29-31)13-17-8-10-19(26)11-9-17/h3-12,14,27H,13H2,1-2H3. The average molecular weight is 474 g/mol. The van der Waals surface area contributed by atoms with Gasteiger partial charge in [-0.1, -0.05) is 41.9 Å². The molecular weight excluding hydrogens is 454 g/mol. The number of benzene rings is 2. The van der Waals surface area contributed by atoms with Gasteiger partial charge < -0.3 is 4.57 Å². The Morgan fingerprint density at radius 2 is 1.82 bits per heavy atom. The smallest absolute Gasteiger partial charge is 0.283 e. The number of halogens is 1. The maximum atomic E-state index is 12.8. The van der Waals surface area contributed by atoms with E-state index >= 15 is 0 Å². The minimum Gasteiger partial charge on any atom is -0.318 e. The molecule has 2 aliphatic rings. The van der Waals surface area contributed by atoms with Crippen LogP contribution in [0.5, 0.6) is 0 Å². The van der Waals surface area contributed by atoms with Crippen molar-refractivity contribution < 1.29 is 4.79 Å². The Morgan fingerprint density at radius 3 is 2.55 bits per heavy atom. The van der Waals surface area contributed by atoms with E-state index < -0.39 is 5.91 Å². The van der Waals surface area contributed by atoms with Crippen molar-refractivity contribution >= 4 is 51.4 Å². The summed E-state index contributed by atoms with van der Waals surface area (Å²) in [5.41, 5.74) is 5.24. The Morgan fingerprint density at radius 1 is 1.09 bits per heavy atom. The lowest BCUT2D eigenvalue weighted by Crippen LogP contribution is -2.35. The number of thioether (sulfide) groups is 1. The van der Waals surface area contributed by atoms with Crippen LogP contribution in [0.15, 0.2) is 76.3 Å². The van der Waals surface area contributed by atoms with Crippen molar-refractivity contribution in [3.63, 3.8) is 0 Å². The molecular formula is C25H20ClN5OS. The van der Waals surface area contributed by atoms with Crippen molar-refractivity contribution in [2.45, 2.75) is 20.3 Å². The van der Waals surface area contributed by atoms with Gasteiger partial charge in [0.25, 0.3) is 5.91 Å². The number of aromatic nitrogens is 1. The quantitative estimate of drug-likeness (QED) is 0.500. The summed E-state index contributed by atoms with van der Waals surface area (Å²) in [6, 6.07) is 19.6. The predicted molar refractivity (Wildman–Crippen MR) is 135 cm³/mol. The van der Waals surface area contributed by atoms with Gasteiger partial charge in [-0.25, -0.2) is 0 Å². The second-order valence-electron chi connectivity index (χ2n) is 7.81. The lowest BCUT2D eigenvalue weighted by Gasteiger charge is -2.20. The molecule has 6 nitrogen and oxygen atoms in total. The lowest BCUT2D eigenvalue weighted by molar-refractivity contribution is -0.114. The van der Waals surface area contributed by atoms with Crippen molar-refractivity contribution in [2.24, 2.45) is 10.1 Å². The van der Waals surface area contributed by atoms with Crippen LogP contribution in [-0.2, 0) is 11.2 Å².